The van der Waals surface area contributed by atoms with Crippen molar-refractivity contribution in [1.29, 1.82) is 0 Å². The van der Waals surface area contributed by atoms with Gasteiger partial charge in [0, 0.05) is 25.0 Å². The Hall–Kier alpha value is -2.31. The van der Waals surface area contributed by atoms with E-state index >= 15 is 0 Å². The first-order valence-corrected chi connectivity index (χ1v) is 9.89. The van der Waals surface area contributed by atoms with E-state index in [1.165, 1.54) is 11.8 Å². The van der Waals surface area contributed by atoms with Crippen molar-refractivity contribution in [2.45, 2.75) is 18.1 Å². The second-order valence-corrected chi connectivity index (χ2v) is 7.69. The van der Waals surface area contributed by atoms with E-state index in [-0.39, 0.29) is 18.2 Å². The van der Waals surface area contributed by atoms with E-state index in [1.54, 1.807) is 11.9 Å². The maximum absolute atomic E-state index is 12.9. The highest BCUT2D eigenvalue weighted by Gasteiger charge is 2.38. The van der Waals surface area contributed by atoms with Crippen LogP contribution in [0.4, 0.5) is 5.69 Å². The molecule has 2 aromatic rings. The van der Waals surface area contributed by atoms with Crippen molar-refractivity contribution >= 4 is 46.0 Å². The minimum absolute atomic E-state index is 0.0766. The number of halogens is 1. The topological polar surface area (TPSA) is 61.8 Å². The van der Waals surface area contributed by atoms with Crippen molar-refractivity contribution in [1.82, 2.24) is 10.2 Å². The number of rotatable bonds is 6. The summed E-state index contributed by atoms with van der Waals surface area (Å²) in [7, 11) is 1.57. The zero-order valence-corrected chi connectivity index (χ0v) is 16.5. The zero-order chi connectivity index (χ0) is 19.2. The summed E-state index contributed by atoms with van der Waals surface area (Å²) in [6.07, 6.45) is 0.829. The van der Waals surface area contributed by atoms with Crippen molar-refractivity contribution in [3.63, 3.8) is 0 Å². The van der Waals surface area contributed by atoms with Gasteiger partial charge in [-0.3, -0.25) is 14.5 Å². The molecule has 0 spiro atoms. The number of hydrogen-bond donors (Lipinski definition) is 1. The van der Waals surface area contributed by atoms with Gasteiger partial charge in [0.25, 0.3) is 0 Å². The molecule has 1 atom stereocenters. The van der Waals surface area contributed by atoms with E-state index in [1.807, 2.05) is 54.6 Å². The maximum Gasteiger partial charge on any atom is 0.242 e. The van der Waals surface area contributed by atoms with Crippen molar-refractivity contribution in [3.8, 4) is 0 Å². The van der Waals surface area contributed by atoms with Crippen LogP contribution >= 0.6 is 23.4 Å². The molecule has 1 aliphatic heterocycles. The van der Waals surface area contributed by atoms with Gasteiger partial charge in [0.05, 0.1) is 5.69 Å². The fourth-order valence-corrected chi connectivity index (χ4v) is 4.02. The number of carbonyl (C=O) groups is 2. The third-order valence-electron chi connectivity index (χ3n) is 4.19. The average molecular weight is 402 g/mol. The Kier molecular flexibility index (Phi) is 6.53. The Labute approximate surface area is 167 Å². The van der Waals surface area contributed by atoms with Crippen LogP contribution in [0.1, 0.15) is 12.0 Å². The third kappa shape index (κ3) is 5.11. The number of para-hydroxylation sites is 1. The molecule has 140 valence electrons. The molecule has 0 saturated carbocycles. The fourth-order valence-electron chi connectivity index (χ4n) is 2.71. The number of thioether (sulfide) groups is 1. The van der Waals surface area contributed by atoms with Crippen LogP contribution in [0.3, 0.4) is 0 Å². The first-order chi connectivity index (χ1) is 13.1. The molecule has 27 heavy (non-hydrogen) atoms. The number of nitrogens with zero attached hydrogens (tertiary/aromatic N) is 2. The standard InChI is InChI=1S/C20H20ClN3O2S/c1-22-18(25)13-17-19(26)24(12-11-14-7-9-15(21)10-8-14)20(27-17)23-16-5-3-2-4-6-16/h2-10,17H,11-13H2,1H3,(H,22,25)/t17-/m0/s1. The Bertz CT molecular complexity index is 840. The molecule has 0 aromatic heterocycles. The molecule has 1 fully saturated rings. The number of nitrogens with one attached hydrogen (secondary N) is 1. The van der Waals surface area contributed by atoms with E-state index in [9.17, 15) is 9.59 Å². The van der Waals surface area contributed by atoms with Gasteiger partial charge < -0.3 is 5.32 Å². The second-order valence-electron chi connectivity index (χ2n) is 6.08. The normalized spacial score (nSPS) is 18.1. The molecule has 0 unspecified atom stereocenters. The monoisotopic (exact) mass is 401 g/mol. The van der Waals surface area contributed by atoms with E-state index in [2.05, 4.69) is 10.3 Å². The molecule has 0 radical (unpaired) electrons. The molecule has 3 rings (SSSR count). The lowest BCUT2D eigenvalue weighted by Gasteiger charge is -2.16. The van der Waals surface area contributed by atoms with Crippen molar-refractivity contribution in [2.75, 3.05) is 13.6 Å². The Morgan fingerprint density at radius 3 is 2.56 bits per heavy atom. The van der Waals surface area contributed by atoms with Gasteiger partial charge in [0.15, 0.2) is 5.17 Å². The highest BCUT2D eigenvalue weighted by Crippen LogP contribution is 2.31. The van der Waals surface area contributed by atoms with Gasteiger partial charge in [-0.25, -0.2) is 4.99 Å². The van der Waals surface area contributed by atoms with Gasteiger partial charge in [0.2, 0.25) is 11.8 Å². The molecule has 1 saturated heterocycles. The summed E-state index contributed by atoms with van der Waals surface area (Å²) in [4.78, 5) is 30.9. The average Bonchev–Trinajstić information content (AvgIpc) is 2.96. The minimum atomic E-state index is -0.447. The summed E-state index contributed by atoms with van der Waals surface area (Å²) in [6, 6.07) is 17.1. The zero-order valence-electron chi connectivity index (χ0n) is 14.9. The minimum Gasteiger partial charge on any atom is -0.359 e. The van der Waals surface area contributed by atoms with Crippen LogP contribution in [0.5, 0.6) is 0 Å². The third-order valence-corrected chi connectivity index (χ3v) is 5.62. The first kappa shape index (κ1) is 19.5. The molecular formula is C20H20ClN3O2S. The van der Waals surface area contributed by atoms with Gasteiger partial charge in [-0.05, 0) is 36.2 Å². The van der Waals surface area contributed by atoms with Crippen LogP contribution in [-0.2, 0) is 16.0 Å². The lowest BCUT2D eigenvalue weighted by molar-refractivity contribution is -0.129. The van der Waals surface area contributed by atoms with Gasteiger partial charge in [0.1, 0.15) is 5.25 Å². The predicted octanol–water partition coefficient (Wildman–Crippen LogP) is 3.65. The second kappa shape index (κ2) is 9.06. The number of amidine groups is 1. The summed E-state index contributed by atoms with van der Waals surface area (Å²) in [5, 5.41) is 3.45. The molecule has 1 heterocycles. The molecule has 1 N–H and O–H groups in total. The van der Waals surface area contributed by atoms with E-state index in [4.69, 9.17) is 11.6 Å². The van der Waals surface area contributed by atoms with Crippen LogP contribution in [0, 0.1) is 0 Å². The first-order valence-electron chi connectivity index (χ1n) is 8.63. The lowest BCUT2D eigenvalue weighted by atomic mass is 10.1. The Morgan fingerprint density at radius 2 is 1.89 bits per heavy atom. The molecule has 0 aliphatic carbocycles. The molecule has 2 aromatic carbocycles. The highest BCUT2D eigenvalue weighted by atomic mass is 35.5. The molecule has 7 heteroatoms. The molecular weight excluding hydrogens is 382 g/mol. The molecule has 5 nitrogen and oxygen atoms in total. The number of aliphatic imine (C=N–C) groups is 1. The summed E-state index contributed by atoms with van der Waals surface area (Å²) < 4.78 is 0. The van der Waals surface area contributed by atoms with Crippen molar-refractivity contribution in [2.24, 2.45) is 4.99 Å². The van der Waals surface area contributed by atoms with Crippen molar-refractivity contribution in [3.05, 3.63) is 65.2 Å². The van der Waals surface area contributed by atoms with Crippen LogP contribution < -0.4 is 5.32 Å². The van der Waals surface area contributed by atoms with Crippen LogP contribution in [0.25, 0.3) is 0 Å². The summed E-state index contributed by atoms with van der Waals surface area (Å²) in [6.45, 7) is 0.503. The van der Waals surface area contributed by atoms with Crippen LogP contribution in [-0.4, -0.2) is 40.7 Å². The Morgan fingerprint density at radius 1 is 1.19 bits per heavy atom. The van der Waals surface area contributed by atoms with Gasteiger partial charge in [-0.15, -0.1) is 0 Å². The lowest BCUT2D eigenvalue weighted by Crippen LogP contribution is -2.35. The van der Waals surface area contributed by atoms with E-state index in [0.717, 1.165) is 11.3 Å². The van der Waals surface area contributed by atoms with Crippen LogP contribution in [0.15, 0.2) is 59.6 Å². The molecule has 0 bridgehead atoms. The van der Waals surface area contributed by atoms with Gasteiger partial charge in [-0.1, -0.05) is 53.7 Å². The molecule has 2 amide bonds. The number of benzene rings is 2. The van der Waals surface area contributed by atoms with Crippen LogP contribution in [0.2, 0.25) is 5.02 Å². The van der Waals surface area contributed by atoms with Gasteiger partial charge in [-0.2, -0.15) is 0 Å². The Balaban J connectivity index is 1.79. The number of hydrogen-bond acceptors (Lipinski definition) is 4. The van der Waals surface area contributed by atoms with E-state index in [0.29, 0.717) is 23.2 Å². The largest absolute Gasteiger partial charge is 0.359 e. The maximum atomic E-state index is 12.9. The van der Waals surface area contributed by atoms with E-state index < -0.39 is 5.25 Å². The molecule has 1 aliphatic rings. The van der Waals surface area contributed by atoms with Crippen molar-refractivity contribution < 1.29 is 9.59 Å². The smallest absolute Gasteiger partial charge is 0.242 e. The summed E-state index contributed by atoms with van der Waals surface area (Å²) in [5.74, 6) is -0.230. The SMILES string of the molecule is CNC(=O)C[C@@H]1SC(=Nc2ccccc2)N(CCc2ccc(Cl)cc2)C1=O. The van der Waals surface area contributed by atoms with Gasteiger partial charge >= 0.3 is 0 Å². The number of amides is 2. The summed E-state index contributed by atoms with van der Waals surface area (Å²) in [5.41, 5.74) is 1.87. The number of carbonyl (C=O) groups excluding carboxylic acids is 2. The summed E-state index contributed by atoms with van der Waals surface area (Å²) >= 11 is 7.28. The quantitative estimate of drug-likeness (QED) is 0.803. The highest BCUT2D eigenvalue weighted by molar-refractivity contribution is 8.15. The fraction of sp³-hybridized carbons (Fsp3) is 0.250. The predicted molar refractivity (Wildman–Crippen MR) is 110 cm³/mol.